The molecule has 1 aromatic rings. The SMILES string of the molecule is COc1ccc(O)c(CNCC(C)CN2CCCC2)c1. The summed E-state index contributed by atoms with van der Waals surface area (Å²) in [4.78, 5) is 2.54. The Balaban J connectivity index is 1.74. The van der Waals surface area contributed by atoms with Crippen molar-refractivity contribution in [2.45, 2.75) is 26.3 Å². The lowest BCUT2D eigenvalue weighted by Crippen LogP contribution is -2.31. The first-order valence-electron chi connectivity index (χ1n) is 7.48. The van der Waals surface area contributed by atoms with E-state index in [2.05, 4.69) is 17.1 Å². The largest absolute Gasteiger partial charge is 0.508 e. The maximum Gasteiger partial charge on any atom is 0.120 e. The zero-order valence-corrected chi connectivity index (χ0v) is 12.6. The molecule has 1 unspecified atom stereocenters. The van der Waals surface area contributed by atoms with Gasteiger partial charge in [0, 0.05) is 18.7 Å². The van der Waals surface area contributed by atoms with Gasteiger partial charge in [-0.2, -0.15) is 0 Å². The van der Waals surface area contributed by atoms with Crippen molar-refractivity contribution >= 4 is 0 Å². The molecule has 4 nitrogen and oxygen atoms in total. The first-order chi connectivity index (χ1) is 9.69. The van der Waals surface area contributed by atoms with E-state index >= 15 is 0 Å². The average Bonchev–Trinajstić information content (AvgIpc) is 2.93. The third-order valence-electron chi connectivity index (χ3n) is 3.86. The fraction of sp³-hybridized carbons (Fsp3) is 0.625. The zero-order valence-electron chi connectivity index (χ0n) is 12.6. The van der Waals surface area contributed by atoms with Crippen LogP contribution in [0.2, 0.25) is 0 Å². The van der Waals surface area contributed by atoms with Crippen molar-refractivity contribution in [3.8, 4) is 11.5 Å². The summed E-state index contributed by atoms with van der Waals surface area (Å²) in [6.07, 6.45) is 2.69. The Morgan fingerprint density at radius 3 is 2.80 bits per heavy atom. The lowest BCUT2D eigenvalue weighted by molar-refractivity contribution is 0.282. The second-order valence-corrected chi connectivity index (χ2v) is 5.74. The minimum Gasteiger partial charge on any atom is -0.508 e. The molecule has 1 aliphatic heterocycles. The molecule has 1 fully saturated rings. The van der Waals surface area contributed by atoms with Gasteiger partial charge in [0.2, 0.25) is 0 Å². The molecule has 0 radical (unpaired) electrons. The lowest BCUT2D eigenvalue weighted by Gasteiger charge is -2.20. The van der Waals surface area contributed by atoms with Crippen molar-refractivity contribution in [1.82, 2.24) is 10.2 Å². The number of phenols is 1. The fourth-order valence-electron chi connectivity index (χ4n) is 2.75. The Morgan fingerprint density at radius 2 is 2.10 bits per heavy atom. The Kier molecular flexibility index (Phi) is 5.68. The monoisotopic (exact) mass is 278 g/mol. The lowest BCUT2D eigenvalue weighted by atomic mass is 10.1. The number of ether oxygens (including phenoxy) is 1. The molecule has 1 aromatic carbocycles. The minimum atomic E-state index is 0.325. The Labute approximate surface area is 121 Å². The van der Waals surface area contributed by atoms with Gasteiger partial charge in [0.1, 0.15) is 11.5 Å². The summed E-state index contributed by atoms with van der Waals surface area (Å²) < 4.78 is 5.18. The highest BCUT2D eigenvalue weighted by Crippen LogP contribution is 2.22. The Bertz CT molecular complexity index is 417. The number of phenolic OH excluding ortho intramolecular Hbond substituents is 1. The highest BCUT2D eigenvalue weighted by atomic mass is 16.5. The molecular formula is C16H26N2O2. The van der Waals surface area contributed by atoms with Crippen LogP contribution in [-0.4, -0.2) is 43.3 Å². The molecular weight excluding hydrogens is 252 g/mol. The molecule has 0 spiro atoms. The number of benzene rings is 1. The van der Waals surface area contributed by atoms with E-state index < -0.39 is 0 Å². The number of rotatable bonds is 7. The summed E-state index contributed by atoms with van der Waals surface area (Å²) in [5.41, 5.74) is 0.887. The van der Waals surface area contributed by atoms with Gasteiger partial charge >= 0.3 is 0 Å². The van der Waals surface area contributed by atoms with E-state index in [0.717, 1.165) is 24.4 Å². The van der Waals surface area contributed by atoms with Gasteiger partial charge in [0.25, 0.3) is 0 Å². The molecule has 0 aliphatic carbocycles. The van der Waals surface area contributed by atoms with Crippen LogP contribution in [-0.2, 0) is 6.54 Å². The van der Waals surface area contributed by atoms with E-state index in [4.69, 9.17) is 4.74 Å². The van der Waals surface area contributed by atoms with Gasteiger partial charge in [-0.3, -0.25) is 0 Å². The van der Waals surface area contributed by atoms with Gasteiger partial charge in [-0.1, -0.05) is 6.92 Å². The van der Waals surface area contributed by atoms with Gasteiger partial charge in [0.15, 0.2) is 0 Å². The van der Waals surface area contributed by atoms with Crippen LogP contribution in [0, 0.1) is 5.92 Å². The molecule has 20 heavy (non-hydrogen) atoms. The van der Waals surface area contributed by atoms with Crippen LogP contribution in [0.25, 0.3) is 0 Å². The normalized spacial score (nSPS) is 17.3. The maximum atomic E-state index is 9.82. The molecule has 0 saturated carbocycles. The van der Waals surface area contributed by atoms with E-state index in [1.54, 1.807) is 19.2 Å². The topological polar surface area (TPSA) is 44.7 Å². The molecule has 1 aliphatic rings. The third-order valence-corrected chi connectivity index (χ3v) is 3.86. The average molecular weight is 278 g/mol. The third kappa shape index (κ3) is 4.39. The van der Waals surface area contributed by atoms with Crippen LogP contribution in [0.5, 0.6) is 11.5 Å². The predicted octanol–water partition coefficient (Wildman–Crippen LogP) is 2.22. The van der Waals surface area contributed by atoms with E-state index in [1.165, 1.54) is 25.9 Å². The zero-order chi connectivity index (χ0) is 14.4. The fourth-order valence-corrected chi connectivity index (χ4v) is 2.75. The molecule has 112 valence electrons. The quantitative estimate of drug-likeness (QED) is 0.803. The highest BCUT2D eigenvalue weighted by molar-refractivity contribution is 5.39. The Hall–Kier alpha value is -1.26. The molecule has 1 saturated heterocycles. The molecule has 0 amide bonds. The maximum absolute atomic E-state index is 9.82. The van der Waals surface area contributed by atoms with Crippen molar-refractivity contribution in [2.75, 3.05) is 33.3 Å². The molecule has 1 atom stereocenters. The second kappa shape index (κ2) is 7.50. The van der Waals surface area contributed by atoms with E-state index in [0.29, 0.717) is 18.2 Å². The summed E-state index contributed by atoms with van der Waals surface area (Å²) in [6, 6.07) is 5.34. The van der Waals surface area contributed by atoms with Crippen molar-refractivity contribution in [1.29, 1.82) is 0 Å². The van der Waals surface area contributed by atoms with Crippen LogP contribution in [0.4, 0.5) is 0 Å². The van der Waals surface area contributed by atoms with Crippen LogP contribution < -0.4 is 10.1 Å². The van der Waals surface area contributed by atoms with Crippen molar-refractivity contribution in [3.63, 3.8) is 0 Å². The van der Waals surface area contributed by atoms with Gasteiger partial charge in [-0.15, -0.1) is 0 Å². The molecule has 2 rings (SSSR count). The smallest absolute Gasteiger partial charge is 0.120 e. The number of hydrogen-bond acceptors (Lipinski definition) is 4. The van der Waals surface area contributed by atoms with Gasteiger partial charge in [0.05, 0.1) is 7.11 Å². The van der Waals surface area contributed by atoms with E-state index in [9.17, 15) is 5.11 Å². The molecule has 2 N–H and O–H groups in total. The van der Waals surface area contributed by atoms with Crippen LogP contribution in [0.1, 0.15) is 25.3 Å². The second-order valence-electron chi connectivity index (χ2n) is 5.74. The van der Waals surface area contributed by atoms with Gasteiger partial charge < -0.3 is 20.1 Å². The molecule has 4 heteroatoms. The Morgan fingerprint density at radius 1 is 1.35 bits per heavy atom. The van der Waals surface area contributed by atoms with Crippen molar-refractivity contribution in [2.24, 2.45) is 5.92 Å². The summed E-state index contributed by atoms with van der Waals surface area (Å²) in [5, 5.41) is 13.2. The highest BCUT2D eigenvalue weighted by Gasteiger charge is 2.14. The van der Waals surface area contributed by atoms with Crippen molar-refractivity contribution < 1.29 is 9.84 Å². The molecule has 1 heterocycles. The number of aromatic hydroxyl groups is 1. The van der Waals surface area contributed by atoms with E-state index in [-0.39, 0.29) is 0 Å². The summed E-state index contributed by atoms with van der Waals surface area (Å²) in [5.74, 6) is 1.73. The summed E-state index contributed by atoms with van der Waals surface area (Å²) >= 11 is 0. The molecule has 0 bridgehead atoms. The van der Waals surface area contributed by atoms with Gasteiger partial charge in [-0.25, -0.2) is 0 Å². The van der Waals surface area contributed by atoms with E-state index in [1.807, 2.05) is 6.07 Å². The van der Waals surface area contributed by atoms with Crippen LogP contribution in [0.3, 0.4) is 0 Å². The number of methoxy groups -OCH3 is 1. The predicted molar refractivity (Wildman–Crippen MR) is 81.2 cm³/mol. The number of nitrogens with zero attached hydrogens (tertiary/aromatic N) is 1. The standard InChI is InChI=1S/C16H26N2O2/c1-13(12-18-7-3-4-8-18)10-17-11-14-9-15(20-2)5-6-16(14)19/h5-6,9,13,17,19H,3-4,7-8,10-12H2,1-2H3. The van der Waals surface area contributed by atoms with Crippen molar-refractivity contribution in [3.05, 3.63) is 23.8 Å². The first kappa shape index (κ1) is 15.1. The number of nitrogens with one attached hydrogen (secondary N) is 1. The van der Waals surface area contributed by atoms with Crippen LogP contribution in [0.15, 0.2) is 18.2 Å². The summed E-state index contributed by atoms with van der Waals surface area (Å²) in [6.45, 7) is 7.58. The number of hydrogen-bond donors (Lipinski definition) is 2. The first-order valence-corrected chi connectivity index (χ1v) is 7.48. The van der Waals surface area contributed by atoms with Crippen LogP contribution >= 0.6 is 0 Å². The van der Waals surface area contributed by atoms with Gasteiger partial charge in [-0.05, 0) is 56.6 Å². The molecule has 0 aromatic heterocycles. The summed E-state index contributed by atoms with van der Waals surface area (Å²) in [7, 11) is 1.64. The number of likely N-dealkylation sites (tertiary alicyclic amines) is 1. The minimum absolute atomic E-state index is 0.325.